The topological polar surface area (TPSA) is 33.2 Å². The fraction of sp³-hybridized carbons (Fsp3) is 0.217. The molecule has 5 heteroatoms. The van der Waals surface area contributed by atoms with Crippen LogP contribution in [0.5, 0.6) is 0 Å². The smallest absolute Gasteiger partial charge is 0.253 e. The summed E-state index contributed by atoms with van der Waals surface area (Å²) in [7, 11) is 0. The van der Waals surface area contributed by atoms with Crippen LogP contribution in [0, 0.1) is 11.6 Å². The summed E-state index contributed by atoms with van der Waals surface area (Å²) < 4.78 is 26.7. The van der Waals surface area contributed by atoms with Crippen LogP contribution in [0.2, 0.25) is 0 Å². The zero-order chi connectivity index (χ0) is 19.5. The van der Waals surface area contributed by atoms with Gasteiger partial charge in [-0.3, -0.25) is 9.78 Å². The lowest BCUT2D eigenvalue weighted by molar-refractivity contribution is 0.0706. The summed E-state index contributed by atoms with van der Waals surface area (Å²) in [5.41, 5.74) is 2.85. The number of aromatic nitrogens is 1. The van der Waals surface area contributed by atoms with E-state index in [-0.39, 0.29) is 23.5 Å². The van der Waals surface area contributed by atoms with Crippen molar-refractivity contribution in [2.75, 3.05) is 13.1 Å². The third-order valence-corrected chi connectivity index (χ3v) is 5.11. The lowest BCUT2D eigenvalue weighted by Gasteiger charge is -2.32. The Bertz CT molecular complexity index is 988. The van der Waals surface area contributed by atoms with E-state index in [1.54, 1.807) is 11.0 Å². The summed E-state index contributed by atoms with van der Waals surface area (Å²) in [6.45, 7) is 1.24. The summed E-state index contributed by atoms with van der Waals surface area (Å²) in [5, 5.41) is 0. The van der Waals surface area contributed by atoms with Gasteiger partial charge in [0.25, 0.3) is 5.91 Å². The number of amides is 1. The molecule has 0 radical (unpaired) electrons. The van der Waals surface area contributed by atoms with E-state index in [1.807, 2.05) is 24.3 Å². The van der Waals surface area contributed by atoms with E-state index in [0.29, 0.717) is 18.7 Å². The first-order valence-electron chi connectivity index (χ1n) is 9.38. The second-order valence-electron chi connectivity index (χ2n) is 7.06. The number of benzene rings is 2. The van der Waals surface area contributed by atoms with Crippen molar-refractivity contribution >= 4 is 5.91 Å². The predicted molar refractivity (Wildman–Crippen MR) is 104 cm³/mol. The molecule has 0 spiro atoms. The lowest BCUT2D eigenvalue weighted by Crippen LogP contribution is -2.39. The van der Waals surface area contributed by atoms with Crippen LogP contribution >= 0.6 is 0 Å². The fourth-order valence-corrected chi connectivity index (χ4v) is 3.67. The first-order valence-corrected chi connectivity index (χ1v) is 9.38. The Hall–Kier alpha value is -3.08. The van der Waals surface area contributed by atoms with E-state index in [9.17, 15) is 13.6 Å². The van der Waals surface area contributed by atoms with Crippen molar-refractivity contribution in [2.45, 2.75) is 18.8 Å². The summed E-state index contributed by atoms with van der Waals surface area (Å²) in [4.78, 5) is 19.3. The van der Waals surface area contributed by atoms with Crippen LogP contribution in [0.15, 0.2) is 66.7 Å². The van der Waals surface area contributed by atoms with Gasteiger partial charge in [-0.15, -0.1) is 0 Å². The van der Waals surface area contributed by atoms with Crippen LogP contribution in [0.1, 0.15) is 34.8 Å². The van der Waals surface area contributed by atoms with Gasteiger partial charge in [0.15, 0.2) is 0 Å². The van der Waals surface area contributed by atoms with E-state index < -0.39 is 0 Å². The number of nitrogens with zero attached hydrogens (tertiary/aromatic N) is 2. The fourth-order valence-electron chi connectivity index (χ4n) is 3.67. The van der Waals surface area contributed by atoms with Crippen LogP contribution in [-0.4, -0.2) is 28.9 Å². The highest BCUT2D eigenvalue weighted by atomic mass is 19.1. The number of piperidine rings is 1. The number of carbonyl (C=O) groups excluding carboxylic acids is 1. The molecule has 2 heterocycles. The van der Waals surface area contributed by atoms with Gasteiger partial charge in [-0.1, -0.05) is 18.2 Å². The molecule has 142 valence electrons. The second kappa shape index (κ2) is 7.89. The van der Waals surface area contributed by atoms with Crippen LogP contribution in [0.25, 0.3) is 11.3 Å². The summed E-state index contributed by atoms with van der Waals surface area (Å²) >= 11 is 0. The summed E-state index contributed by atoms with van der Waals surface area (Å²) in [6, 6.07) is 17.8. The van der Waals surface area contributed by atoms with Crippen LogP contribution in [-0.2, 0) is 0 Å². The van der Waals surface area contributed by atoms with Crippen molar-refractivity contribution in [3.8, 4) is 11.3 Å². The Morgan fingerprint density at radius 3 is 2.54 bits per heavy atom. The number of hydrogen-bond donors (Lipinski definition) is 0. The summed E-state index contributed by atoms with van der Waals surface area (Å²) in [6.07, 6.45) is 1.82. The van der Waals surface area contributed by atoms with Crippen molar-refractivity contribution in [3.63, 3.8) is 0 Å². The molecule has 1 saturated heterocycles. The molecule has 1 aliphatic rings. The van der Waals surface area contributed by atoms with E-state index in [2.05, 4.69) is 0 Å². The third kappa shape index (κ3) is 3.93. The Morgan fingerprint density at radius 2 is 1.75 bits per heavy atom. The molecule has 1 aliphatic heterocycles. The Balaban J connectivity index is 1.54. The molecule has 1 unspecified atom stereocenters. The molecule has 3 aromatic rings. The molecular formula is C23H20F2N2O. The first kappa shape index (κ1) is 18.3. The van der Waals surface area contributed by atoms with Gasteiger partial charge < -0.3 is 4.90 Å². The molecule has 1 fully saturated rings. The molecule has 4 rings (SSSR count). The van der Waals surface area contributed by atoms with Crippen molar-refractivity contribution in [1.82, 2.24) is 9.88 Å². The highest BCUT2D eigenvalue weighted by molar-refractivity contribution is 5.94. The second-order valence-corrected chi connectivity index (χ2v) is 7.06. The molecule has 1 aromatic heterocycles. The largest absolute Gasteiger partial charge is 0.338 e. The predicted octanol–water partition coefficient (Wildman–Crippen LogP) is 5.05. The minimum absolute atomic E-state index is 0.0917. The average Bonchev–Trinajstić information content (AvgIpc) is 2.74. The van der Waals surface area contributed by atoms with Crippen LogP contribution < -0.4 is 0 Å². The number of likely N-dealkylation sites (tertiary alicyclic amines) is 1. The van der Waals surface area contributed by atoms with Gasteiger partial charge in [0.05, 0.1) is 5.69 Å². The Morgan fingerprint density at radius 1 is 0.964 bits per heavy atom. The normalized spacial score (nSPS) is 16.8. The number of pyridine rings is 1. The highest BCUT2D eigenvalue weighted by Gasteiger charge is 2.26. The van der Waals surface area contributed by atoms with Crippen molar-refractivity contribution in [3.05, 3.63) is 89.6 Å². The van der Waals surface area contributed by atoms with Gasteiger partial charge >= 0.3 is 0 Å². The molecule has 1 amide bonds. The molecule has 0 N–H and O–H groups in total. The number of hydrogen-bond acceptors (Lipinski definition) is 2. The van der Waals surface area contributed by atoms with Crippen LogP contribution in [0.3, 0.4) is 0 Å². The minimum Gasteiger partial charge on any atom is -0.338 e. The molecule has 28 heavy (non-hydrogen) atoms. The SMILES string of the molecule is O=C(c1ccc(F)cc1)N1CCCC(c2cccc(-c3cccc(F)c3)n2)C1. The van der Waals surface area contributed by atoms with Gasteiger partial charge in [-0.25, -0.2) is 8.78 Å². The molecule has 0 aliphatic carbocycles. The minimum atomic E-state index is -0.355. The van der Waals surface area contributed by atoms with E-state index in [1.165, 1.54) is 36.4 Å². The molecule has 2 aromatic carbocycles. The molecular weight excluding hydrogens is 358 g/mol. The average molecular weight is 378 g/mol. The lowest BCUT2D eigenvalue weighted by atomic mass is 9.93. The van der Waals surface area contributed by atoms with E-state index in [0.717, 1.165) is 29.8 Å². The maximum absolute atomic E-state index is 13.5. The van der Waals surface area contributed by atoms with Gasteiger partial charge in [-0.05, 0) is 61.4 Å². The van der Waals surface area contributed by atoms with Crippen molar-refractivity contribution in [1.29, 1.82) is 0 Å². The first-order chi connectivity index (χ1) is 13.6. The zero-order valence-corrected chi connectivity index (χ0v) is 15.3. The van der Waals surface area contributed by atoms with E-state index in [4.69, 9.17) is 4.98 Å². The molecule has 0 bridgehead atoms. The van der Waals surface area contributed by atoms with Crippen molar-refractivity contribution < 1.29 is 13.6 Å². The Kier molecular flexibility index (Phi) is 5.15. The van der Waals surface area contributed by atoms with Gasteiger partial charge in [-0.2, -0.15) is 0 Å². The monoisotopic (exact) mass is 378 g/mol. The van der Waals surface area contributed by atoms with Gasteiger partial charge in [0.2, 0.25) is 0 Å². The molecule has 1 atom stereocenters. The number of rotatable bonds is 3. The van der Waals surface area contributed by atoms with Crippen LogP contribution in [0.4, 0.5) is 8.78 Å². The van der Waals surface area contributed by atoms with Gasteiger partial charge in [0, 0.05) is 35.8 Å². The van der Waals surface area contributed by atoms with Crippen molar-refractivity contribution in [2.24, 2.45) is 0 Å². The van der Waals surface area contributed by atoms with Gasteiger partial charge in [0.1, 0.15) is 11.6 Å². The maximum Gasteiger partial charge on any atom is 0.253 e. The highest BCUT2D eigenvalue weighted by Crippen LogP contribution is 2.28. The maximum atomic E-state index is 13.5. The molecule has 3 nitrogen and oxygen atoms in total. The number of carbonyl (C=O) groups is 1. The standard InChI is InChI=1S/C23H20F2N2O/c24-19-11-9-16(10-12-19)23(28)27-13-3-5-18(15-27)22-8-2-7-21(26-22)17-4-1-6-20(25)14-17/h1-2,4,6-12,14,18H,3,5,13,15H2. The summed E-state index contributed by atoms with van der Waals surface area (Å²) in [5.74, 6) is -0.623. The third-order valence-electron chi connectivity index (χ3n) is 5.11. The molecule has 0 saturated carbocycles. The Labute approximate surface area is 162 Å². The quantitative estimate of drug-likeness (QED) is 0.639. The van der Waals surface area contributed by atoms with E-state index >= 15 is 0 Å². The zero-order valence-electron chi connectivity index (χ0n) is 15.3. The number of halogens is 2.